The number of hydrogen-bond acceptors (Lipinski definition) is 6. The fraction of sp³-hybridized carbons (Fsp3) is 0.296. The van der Waals surface area contributed by atoms with Gasteiger partial charge < -0.3 is 21.3 Å². The van der Waals surface area contributed by atoms with E-state index in [9.17, 15) is 22.4 Å². The van der Waals surface area contributed by atoms with Crippen LogP contribution in [0, 0.1) is 11.7 Å². The Morgan fingerprint density at radius 2 is 1.82 bits per heavy atom. The third kappa shape index (κ3) is 7.45. The molecule has 1 aliphatic rings. The molecule has 1 heterocycles. The van der Waals surface area contributed by atoms with Gasteiger partial charge in [0.15, 0.2) is 0 Å². The van der Waals surface area contributed by atoms with E-state index in [0.29, 0.717) is 42.4 Å². The number of carboxylic acids is 1. The zero-order valence-corrected chi connectivity index (χ0v) is 21.4. The number of nitrogens with zero attached hydrogens (tertiary/aromatic N) is 2. The summed E-state index contributed by atoms with van der Waals surface area (Å²) in [5.41, 5.74) is 12.8. The molecule has 208 valence electrons. The van der Waals surface area contributed by atoms with E-state index in [1.165, 1.54) is 12.1 Å². The highest BCUT2D eigenvalue weighted by atomic mass is 35.5. The van der Waals surface area contributed by atoms with Gasteiger partial charge in [-0.3, -0.25) is 4.79 Å². The average molecular weight is 567 g/mol. The Morgan fingerprint density at radius 1 is 1.10 bits per heavy atom. The van der Waals surface area contributed by atoms with Crippen molar-refractivity contribution in [3.8, 4) is 17.0 Å². The van der Waals surface area contributed by atoms with Crippen LogP contribution in [0.25, 0.3) is 16.7 Å². The second-order valence-electron chi connectivity index (χ2n) is 9.14. The van der Waals surface area contributed by atoms with E-state index >= 15 is 0 Å². The summed E-state index contributed by atoms with van der Waals surface area (Å²) in [5, 5.41) is 9.01. The third-order valence-corrected chi connectivity index (χ3v) is 6.40. The van der Waals surface area contributed by atoms with E-state index in [1.54, 1.807) is 30.3 Å². The molecule has 0 saturated heterocycles. The maximum atomic E-state index is 15.0. The normalized spacial score (nSPS) is 16.9. The van der Waals surface area contributed by atoms with Gasteiger partial charge in [-0.15, -0.1) is 12.4 Å². The summed E-state index contributed by atoms with van der Waals surface area (Å²) in [6.07, 6.45) is -3.80. The summed E-state index contributed by atoms with van der Waals surface area (Å²) < 4.78 is 62.2. The molecule has 3 aromatic rings. The zero-order chi connectivity index (χ0) is 27.4. The van der Waals surface area contributed by atoms with E-state index in [4.69, 9.17) is 21.3 Å². The summed E-state index contributed by atoms with van der Waals surface area (Å²) in [7, 11) is 0. The molecule has 39 heavy (non-hydrogen) atoms. The molecule has 1 aromatic heterocycles. The number of ether oxygens (including phenoxy) is 1. The summed E-state index contributed by atoms with van der Waals surface area (Å²) in [4.78, 5) is 18.9. The first-order chi connectivity index (χ1) is 18.0. The monoisotopic (exact) mass is 566 g/mol. The van der Waals surface area contributed by atoms with Crippen LogP contribution in [-0.4, -0.2) is 33.3 Å². The lowest BCUT2D eigenvalue weighted by molar-refractivity contribution is -0.199. The van der Waals surface area contributed by atoms with Crippen LogP contribution in [0.2, 0.25) is 0 Å². The van der Waals surface area contributed by atoms with Crippen molar-refractivity contribution in [2.24, 2.45) is 11.7 Å². The third-order valence-electron chi connectivity index (χ3n) is 6.40. The SMILES string of the molecule is Cl.Nc1nc(OC(c2ccc(-c3ccccc3)cc2F)C(F)(F)F)cc(C2=CCC(CC(N)C(=O)O)CC2)n1. The van der Waals surface area contributed by atoms with Crippen LogP contribution in [0.5, 0.6) is 5.88 Å². The molecular formula is C27H27ClF4N4O3. The van der Waals surface area contributed by atoms with Gasteiger partial charge in [0.2, 0.25) is 17.9 Å². The number of benzene rings is 2. The molecular weight excluding hydrogens is 540 g/mol. The molecule has 1 aliphatic carbocycles. The van der Waals surface area contributed by atoms with Gasteiger partial charge in [-0.25, -0.2) is 9.37 Å². The number of aliphatic carboxylic acids is 1. The maximum Gasteiger partial charge on any atom is 0.429 e. The minimum Gasteiger partial charge on any atom is -0.480 e. The number of rotatable bonds is 8. The molecule has 3 atom stereocenters. The average Bonchev–Trinajstić information content (AvgIpc) is 2.87. The van der Waals surface area contributed by atoms with Crippen molar-refractivity contribution in [2.45, 2.75) is 44.0 Å². The van der Waals surface area contributed by atoms with Crippen LogP contribution < -0.4 is 16.2 Å². The van der Waals surface area contributed by atoms with Crippen LogP contribution in [0.3, 0.4) is 0 Å². The summed E-state index contributed by atoms with van der Waals surface area (Å²) in [5.74, 6) is -2.84. The van der Waals surface area contributed by atoms with Gasteiger partial charge >= 0.3 is 12.1 Å². The summed E-state index contributed by atoms with van der Waals surface area (Å²) >= 11 is 0. The van der Waals surface area contributed by atoms with Gasteiger partial charge in [-0.2, -0.15) is 18.2 Å². The minimum atomic E-state index is -4.95. The van der Waals surface area contributed by atoms with Crippen LogP contribution >= 0.6 is 12.4 Å². The topological polar surface area (TPSA) is 124 Å². The number of aromatic nitrogens is 2. The van der Waals surface area contributed by atoms with Gasteiger partial charge in [0.1, 0.15) is 11.9 Å². The Balaban J connectivity index is 0.00000420. The number of nitrogens with two attached hydrogens (primary N) is 2. The molecule has 0 aliphatic heterocycles. The maximum absolute atomic E-state index is 15.0. The van der Waals surface area contributed by atoms with E-state index < -0.39 is 41.6 Å². The minimum absolute atomic E-state index is 0. The van der Waals surface area contributed by atoms with Crippen molar-refractivity contribution in [3.05, 3.63) is 77.7 Å². The number of carboxylic acid groups (broad SMARTS) is 1. The molecule has 7 nitrogen and oxygen atoms in total. The number of halogens is 5. The van der Waals surface area contributed by atoms with Gasteiger partial charge in [0.25, 0.3) is 0 Å². The van der Waals surface area contributed by atoms with Crippen molar-refractivity contribution in [2.75, 3.05) is 5.73 Å². The van der Waals surface area contributed by atoms with Crippen LogP contribution in [-0.2, 0) is 4.79 Å². The van der Waals surface area contributed by atoms with Gasteiger partial charge in [0.05, 0.1) is 5.69 Å². The van der Waals surface area contributed by atoms with Crippen molar-refractivity contribution in [3.63, 3.8) is 0 Å². The lowest BCUT2D eigenvalue weighted by Gasteiger charge is -2.24. The lowest BCUT2D eigenvalue weighted by Crippen LogP contribution is -2.32. The highest BCUT2D eigenvalue weighted by Crippen LogP contribution is 2.39. The van der Waals surface area contributed by atoms with E-state index in [-0.39, 0.29) is 30.0 Å². The van der Waals surface area contributed by atoms with Crippen molar-refractivity contribution < 1.29 is 32.2 Å². The van der Waals surface area contributed by atoms with E-state index in [2.05, 4.69) is 9.97 Å². The molecule has 3 unspecified atom stereocenters. The quantitative estimate of drug-likeness (QED) is 0.288. The number of carbonyl (C=O) groups is 1. The number of hydrogen-bond donors (Lipinski definition) is 3. The van der Waals surface area contributed by atoms with Gasteiger partial charge in [-0.05, 0) is 54.4 Å². The Hall–Kier alpha value is -3.70. The molecule has 0 saturated carbocycles. The molecule has 0 radical (unpaired) electrons. The summed E-state index contributed by atoms with van der Waals surface area (Å²) in [6, 6.07) is 12.5. The predicted octanol–water partition coefficient (Wildman–Crippen LogP) is 5.95. The van der Waals surface area contributed by atoms with E-state index in [1.807, 2.05) is 6.08 Å². The van der Waals surface area contributed by atoms with E-state index in [0.717, 1.165) is 12.1 Å². The van der Waals surface area contributed by atoms with Crippen LogP contribution in [0.4, 0.5) is 23.5 Å². The highest BCUT2D eigenvalue weighted by molar-refractivity contribution is 5.85. The molecule has 12 heteroatoms. The standard InChI is InChI=1S/C27H26F4N4O3.ClH/c28-20-13-18(16-4-2-1-3-5-16)10-11-19(20)24(27(29,30)31)38-23-14-22(34-26(33)35-23)17-8-6-15(7-9-17)12-21(32)25(36)37;/h1-5,8,10-11,13-15,21,24H,6-7,9,12,32H2,(H,36,37)(H2,33,34,35);1H. The molecule has 4 rings (SSSR count). The molecule has 0 amide bonds. The van der Waals surface area contributed by atoms with Crippen molar-refractivity contribution in [1.29, 1.82) is 0 Å². The Labute approximate surface area is 228 Å². The predicted molar refractivity (Wildman–Crippen MR) is 140 cm³/mol. The fourth-order valence-electron chi connectivity index (χ4n) is 4.44. The van der Waals surface area contributed by atoms with Crippen molar-refractivity contribution >= 4 is 29.9 Å². The Kier molecular flexibility index (Phi) is 9.52. The number of allylic oxidation sites excluding steroid dienone is 2. The lowest BCUT2D eigenvalue weighted by atomic mass is 9.84. The van der Waals surface area contributed by atoms with Crippen LogP contribution in [0.1, 0.15) is 43.0 Å². The second kappa shape index (κ2) is 12.4. The summed E-state index contributed by atoms with van der Waals surface area (Å²) in [6.45, 7) is 0. The largest absolute Gasteiger partial charge is 0.480 e. The number of alkyl halides is 3. The molecule has 0 fully saturated rings. The van der Waals surface area contributed by atoms with Crippen LogP contribution in [0.15, 0.2) is 60.7 Å². The Bertz CT molecular complexity index is 1340. The first-order valence-electron chi connectivity index (χ1n) is 11.9. The number of anilines is 1. The number of nitrogen functional groups attached to an aromatic ring is 1. The second-order valence-corrected chi connectivity index (χ2v) is 9.14. The first-order valence-corrected chi connectivity index (χ1v) is 11.9. The zero-order valence-electron chi connectivity index (χ0n) is 20.6. The molecule has 5 N–H and O–H groups in total. The first kappa shape index (κ1) is 29.9. The van der Waals surface area contributed by atoms with Gasteiger partial charge in [0, 0.05) is 11.6 Å². The molecule has 2 aromatic carbocycles. The fourth-order valence-corrected chi connectivity index (χ4v) is 4.44. The Morgan fingerprint density at radius 3 is 2.41 bits per heavy atom. The molecule has 0 spiro atoms. The highest BCUT2D eigenvalue weighted by Gasteiger charge is 2.45. The van der Waals surface area contributed by atoms with Gasteiger partial charge in [-0.1, -0.05) is 48.5 Å². The smallest absolute Gasteiger partial charge is 0.429 e. The van der Waals surface area contributed by atoms with Crippen molar-refractivity contribution in [1.82, 2.24) is 9.97 Å². The molecule has 0 bridgehead atoms.